The van der Waals surface area contributed by atoms with Crippen molar-refractivity contribution in [1.82, 2.24) is 4.90 Å². The zero-order valence-corrected chi connectivity index (χ0v) is 10.4. The van der Waals surface area contributed by atoms with Crippen LogP contribution in [0.4, 0.5) is 0 Å². The third kappa shape index (κ3) is 2.58. The summed E-state index contributed by atoms with van der Waals surface area (Å²) in [6, 6.07) is 1.19. The van der Waals surface area contributed by atoms with E-state index in [4.69, 9.17) is 15.4 Å². The number of amides is 1. The van der Waals surface area contributed by atoms with Gasteiger partial charge in [-0.05, 0) is 26.8 Å². The smallest absolute Gasteiger partial charge is 0.257 e. The first kappa shape index (κ1) is 13.1. The van der Waals surface area contributed by atoms with E-state index in [0.29, 0.717) is 17.1 Å². The summed E-state index contributed by atoms with van der Waals surface area (Å²) in [5.74, 6) is 0.999. The van der Waals surface area contributed by atoms with E-state index in [-0.39, 0.29) is 11.7 Å². The van der Waals surface area contributed by atoms with Gasteiger partial charge in [-0.2, -0.15) is 0 Å². The number of hydrogen-bond donors (Lipinski definition) is 2. The van der Waals surface area contributed by atoms with Crippen LogP contribution in [0.15, 0.2) is 15.6 Å². The number of carbonyl (C=O) groups excluding carboxylic acids is 1. The molecule has 3 N–H and O–H groups in total. The molecule has 0 bridgehead atoms. The highest BCUT2D eigenvalue weighted by atomic mass is 16.4. The van der Waals surface area contributed by atoms with Crippen LogP contribution in [0.1, 0.15) is 28.8 Å². The lowest BCUT2D eigenvalue weighted by Crippen LogP contribution is -2.43. The van der Waals surface area contributed by atoms with Crippen molar-refractivity contribution in [3.05, 3.63) is 23.2 Å². The van der Waals surface area contributed by atoms with E-state index in [0.717, 1.165) is 0 Å². The Hall–Kier alpha value is -1.98. The highest BCUT2D eigenvalue weighted by Crippen LogP contribution is 2.16. The first-order valence-electron chi connectivity index (χ1n) is 5.20. The molecule has 6 heteroatoms. The Bertz CT molecular complexity index is 451. The Morgan fingerprint density at radius 2 is 2.18 bits per heavy atom. The Morgan fingerprint density at radius 1 is 1.59 bits per heavy atom. The fourth-order valence-electron chi connectivity index (χ4n) is 1.49. The minimum atomic E-state index is -0.484. The number of oxime groups is 1. The highest BCUT2D eigenvalue weighted by molar-refractivity contribution is 5.98. The monoisotopic (exact) mass is 239 g/mol. The molecule has 0 spiro atoms. The molecule has 0 aromatic carbocycles. The molecule has 0 aliphatic rings. The summed E-state index contributed by atoms with van der Waals surface area (Å²) < 4.78 is 5.29. The van der Waals surface area contributed by atoms with Crippen molar-refractivity contribution in [1.29, 1.82) is 0 Å². The number of furan rings is 1. The average Bonchev–Trinajstić information content (AvgIpc) is 2.64. The standard InChI is InChI=1S/C11H17N3O3/c1-6-5-9(8(3)17-6)11(15)14(4)7(2)10(12)13-16/h5,7,16H,1-4H3,(H2,12,13). The number of hydrogen-bond acceptors (Lipinski definition) is 4. The van der Waals surface area contributed by atoms with Crippen LogP contribution in [0.3, 0.4) is 0 Å². The first-order chi connectivity index (χ1) is 7.88. The minimum Gasteiger partial charge on any atom is -0.466 e. The van der Waals surface area contributed by atoms with E-state index in [1.807, 2.05) is 0 Å². The Labute approximate surface area is 99.7 Å². The number of aryl methyl sites for hydroxylation is 2. The summed E-state index contributed by atoms with van der Waals surface area (Å²) >= 11 is 0. The van der Waals surface area contributed by atoms with Gasteiger partial charge in [-0.15, -0.1) is 0 Å². The van der Waals surface area contributed by atoms with Crippen LogP contribution in [0, 0.1) is 13.8 Å². The van der Waals surface area contributed by atoms with E-state index in [2.05, 4.69) is 5.16 Å². The van der Waals surface area contributed by atoms with Crippen molar-refractivity contribution >= 4 is 11.7 Å². The van der Waals surface area contributed by atoms with Crippen LogP contribution in [-0.4, -0.2) is 34.9 Å². The molecule has 17 heavy (non-hydrogen) atoms. The van der Waals surface area contributed by atoms with Crippen LogP contribution in [0.5, 0.6) is 0 Å². The quantitative estimate of drug-likeness (QED) is 0.357. The molecule has 6 nitrogen and oxygen atoms in total. The highest BCUT2D eigenvalue weighted by Gasteiger charge is 2.23. The Morgan fingerprint density at radius 3 is 2.59 bits per heavy atom. The molecular formula is C11H17N3O3. The normalized spacial score (nSPS) is 13.5. The maximum atomic E-state index is 12.1. The second kappa shape index (κ2) is 4.90. The van der Waals surface area contributed by atoms with Crippen LogP contribution >= 0.6 is 0 Å². The summed E-state index contributed by atoms with van der Waals surface area (Å²) in [6.45, 7) is 5.17. The molecule has 0 saturated carbocycles. The molecule has 1 atom stereocenters. The fraction of sp³-hybridized carbons (Fsp3) is 0.455. The van der Waals surface area contributed by atoms with Gasteiger partial charge in [0.05, 0.1) is 11.6 Å². The second-order valence-corrected chi connectivity index (χ2v) is 3.94. The third-order valence-electron chi connectivity index (χ3n) is 2.72. The van der Waals surface area contributed by atoms with Crippen LogP contribution < -0.4 is 5.73 Å². The van der Waals surface area contributed by atoms with E-state index in [1.165, 1.54) is 4.90 Å². The molecule has 1 rings (SSSR count). The van der Waals surface area contributed by atoms with Gasteiger partial charge in [-0.25, -0.2) is 0 Å². The van der Waals surface area contributed by atoms with Crippen LogP contribution in [-0.2, 0) is 0 Å². The van der Waals surface area contributed by atoms with Gasteiger partial charge in [0.25, 0.3) is 5.91 Å². The van der Waals surface area contributed by atoms with E-state index in [1.54, 1.807) is 33.9 Å². The van der Waals surface area contributed by atoms with E-state index in [9.17, 15) is 4.79 Å². The molecule has 1 heterocycles. The molecule has 0 aliphatic carbocycles. The van der Waals surface area contributed by atoms with Gasteiger partial charge in [0, 0.05) is 7.05 Å². The van der Waals surface area contributed by atoms with E-state index >= 15 is 0 Å². The first-order valence-corrected chi connectivity index (χ1v) is 5.20. The molecule has 1 amide bonds. The summed E-state index contributed by atoms with van der Waals surface area (Å²) in [5, 5.41) is 11.5. The largest absolute Gasteiger partial charge is 0.466 e. The van der Waals surface area contributed by atoms with Gasteiger partial charge >= 0.3 is 0 Å². The molecule has 0 saturated heterocycles. The van der Waals surface area contributed by atoms with Crippen LogP contribution in [0.25, 0.3) is 0 Å². The van der Waals surface area contributed by atoms with Crippen molar-refractivity contribution in [3.8, 4) is 0 Å². The number of nitrogens with zero attached hydrogens (tertiary/aromatic N) is 2. The second-order valence-electron chi connectivity index (χ2n) is 3.94. The average molecular weight is 239 g/mol. The van der Waals surface area contributed by atoms with Gasteiger partial charge in [-0.1, -0.05) is 5.16 Å². The topological polar surface area (TPSA) is 92.1 Å². The summed E-state index contributed by atoms with van der Waals surface area (Å²) in [5.41, 5.74) is 5.95. The molecule has 0 radical (unpaired) electrons. The maximum absolute atomic E-state index is 12.1. The number of carbonyl (C=O) groups is 1. The molecular weight excluding hydrogens is 222 g/mol. The van der Waals surface area contributed by atoms with Crippen LogP contribution in [0.2, 0.25) is 0 Å². The predicted molar refractivity (Wildman–Crippen MR) is 63.1 cm³/mol. The lowest BCUT2D eigenvalue weighted by atomic mass is 10.2. The van der Waals surface area contributed by atoms with Gasteiger partial charge in [0.15, 0.2) is 5.84 Å². The van der Waals surface area contributed by atoms with Crippen molar-refractivity contribution in [2.24, 2.45) is 10.9 Å². The molecule has 0 fully saturated rings. The number of rotatable bonds is 3. The number of nitrogens with two attached hydrogens (primary N) is 1. The summed E-state index contributed by atoms with van der Waals surface area (Å²) in [7, 11) is 1.59. The SMILES string of the molecule is Cc1cc(C(=O)N(C)C(C)C(N)=NO)c(C)o1. The van der Waals surface area contributed by atoms with Gasteiger partial charge < -0.3 is 20.3 Å². The molecule has 1 aromatic heterocycles. The van der Waals surface area contributed by atoms with Crippen molar-refractivity contribution in [2.75, 3.05) is 7.05 Å². The fourth-order valence-corrected chi connectivity index (χ4v) is 1.49. The van der Waals surface area contributed by atoms with Crippen molar-refractivity contribution in [3.63, 3.8) is 0 Å². The van der Waals surface area contributed by atoms with Gasteiger partial charge in [-0.3, -0.25) is 4.79 Å². The molecule has 0 aliphatic heterocycles. The lowest BCUT2D eigenvalue weighted by molar-refractivity contribution is 0.0774. The predicted octanol–water partition coefficient (Wildman–Crippen LogP) is 1.10. The number of likely N-dealkylation sites (N-methyl/N-ethyl adjacent to an activating group) is 1. The third-order valence-corrected chi connectivity index (χ3v) is 2.72. The molecule has 1 unspecified atom stereocenters. The Balaban J connectivity index is 2.94. The summed E-state index contributed by atoms with van der Waals surface area (Å²) in [6.07, 6.45) is 0. The Kier molecular flexibility index (Phi) is 3.77. The minimum absolute atomic E-state index is 0.0151. The molecule has 94 valence electrons. The van der Waals surface area contributed by atoms with Crippen molar-refractivity contribution in [2.45, 2.75) is 26.8 Å². The van der Waals surface area contributed by atoms with Gasteiger partial charge in [0.1, 0.15) is 11.5 Å². The lowest BCUT2D eigenvalue weighted by Gasteiger charge is -2.23. The maximum Gasteiger partial charge on any atom is 0.257 e. The molecule has 1 aromatic rings. The van der Waals surface area contributed by atoms with Crippen molar-refractivity contribution < 1.29 is 14.4 Å². The van der Waals surface area contributed by atoms with Gasteiger partial charge in [0.2, 0.25) is 0 Å². The van der Waals surface area contributed by atoms with E-state index < -0.39 is 6.04 Å². The zero-order valence-electron chi connectivity index (χ0n) is 10.4. The number of amidine groups is 1. The zero-order chi connectivity index (χ0) is 13.2. The summed E-state index contributed by atoms with van der Waals surface area (Å²) in [4.78, 5) is 13.5.